The third-order valence-electron chi connectivity index (χ3n) is 2.26. The Hall–Kier alpha value is -0.980. The zero-order valence-electron chi connectivity index (χ0n) is 7.90. The molecule has 1 aliphatic heterocycles. The Labute approximate surface area is 86.8 Å². The topological polar surface area (TPSA) is 33.0 Å². The van der Waals surface area contributed by atoms with Crippen LogP contribution in [0.5, 0.6) is 0 Å². The molecule has 0 spiro atoms. The van der Waals surface area contributed by atoms with Gasteiger partial charge in [0.1, 0.15) is 11.5 Å². The average molecular weight is 206 g/mol. The lowest BCUT2D eigenvalue weighted by molar-refractivity contribution is 0.159. The molecule has 1 saturated heterocycles. The van der Waals surface area contributed by atoms with Crippen LogP contribution in [-0.2, 0) is 15.6 Å². The molecule has 0 N–H and O–H groups in total. The van der Waals surface area contributed by atoms with E-state index in [0.717, 1.165) is 30.3 Å². The highest BCUT2D eigenvalue weighted by atomic mass is 32.2. The first kappa shape index (κ1) is 9.57. The molecule has 0 saturated carbocycles. The fraction of sp³-hybridized carbons (Fsp3) is 0.364. The lowest BCUT2D eigenvalue weighted by atomic mass is 10.2. The highest BCUT2D eigenvalue weighted by Crippen LogP contribution is 2.17. The van der Waals surface area contributed by atoms with E-state index in [-0.39, 0.29) is 0 Å². The molecule has 1 aliphatic rings. The summed E-state index contributed by atoms with van der Waals surface area (Å²) in [4.78, 5) is 1.37. The van der Waals surface area contributed by atoms with Crippen LogP contribution in [0.3, 0.4) is 0 Å². The summed E-state index contributed by atoms with van der Waals surface area (Å²) in [5.41, 5.74) is 0.741. The van der Waals surface area contributed by atoms with Gasteiger partial charge in [0.05, 0.1) is 24.8 Å². The normalized spacial score (nSPS) is 17.6. The van der Waals surface area contributed by atoms with Crippen molar-refractivity contribution in [2.24, 2.45) is 0 Å². The predicted molar refractivity (Wildman–Crippen MR) is 57.3 cm³/mol. The molecule has 0 atom stereocenters. The minimum atomic E-state index is 0.347. The summed E-state index contributed by atoms with van der Waals surface area (Å²) in [6, 6.07) is 10.1. The van der Waals surface area contributed by atoms with Crippen LogP contribution in [0, 0.1) is 11.3 Å². The van der Waals surface area contributed by atoms with E-state index in [1.165, 1.54) is 4.90 Å². The van der Waals surface area contributed by atoms with Crippen LogP contribution in [0.25, 0.3) is 0 Å². The first-order valence-corrected chi connectivity index (χ1v) is 6.22. The molecule has 0 aliphatic carbocycles. The van der Waals surface area contributed by atoms with Crippen LogP contribution in [0.4, 0.5) is 0 Å². The van der Waals surface area contributed by atoms with Gasteiger partial charge in [-0.3, -0.25) is 0 Å². The van der Waals surface area contributed by atoms with E-state index >= 15 is 0 Å². The summed E-state index contributed by atoms with van der Waals surface area (Å²) in [6.07, 6.45) is 0. The Balaban J connectivity index is 2.12. The standard InChI is InChI=1S/C11H12NOS/c12-9-10-1-3-11(4-2-10)14-7-5-13-6-8-14/h1-4H,5-8H2/q+1. The number of hydrogen-bond donors (Lipinski definition) is 0. The molecule has 1 aromatic rings. The Morgan fingerprint density at radius 3 is 2.36 bits per heavy atom. The SMILES string of the molecule is N#Cc1ccc([S+]2CCOCC2)cc1. The Morgan fingerprint density at radius 1 is 1.14 bits per heavy atom. The van der Waals surface area contributed by atoms with Crippen molar-refractivity contribution in [3.63, 3.8) is 0 Å². The lowest BCUT2D eigenvalue weighted by Crippen LogP contribution is -2.26. The smallest absolute Gasteiger partial charge is 0.155 e. The first-order valence-electron chi connectivity index (χ1n) is 4.65. The van der Waals surface area contributed by atoms with Crippen molar-refractivity contribution in [3.05, 3.63) is 29.8 Å². The van der Waals surface area contributed by atoms with Gasteiger partial charge >= 0.3 is 0 Å². The molecule has 14 heavy (non-hydrogen) atoms. The van der Waals surface area contributed by atoms with Crippen LogP contribution in [0.1, 0.15) is 5.56 Å². The minimum absolute atomic E-state index is 0.347. The molecule has 2 nitrogen and oxygen atoms in total. The van der Waals surface area contributed by atoms with E-state index in [9.17, 15) is 0 Å². The molecular weight excluding hydrogens is 194 g/mol. The van der Waals surface area contributed by atoms with Gasteiger partial charge in [-0.2, -0.15) is 5.26 Å². The van der Waals surface area contributed by atoms with Crippen molar-refractivity contribution < 1.29 is 4.74 Å². The third kappa shape index (κ3) is 2.09. The van der Waals surface area contributed by atoms with Crippen molar-refractivity contribution in [1.82, 2.24) is 0 Å². The summed E-state index contributed by atoms with van der Waals surface area (Å²) in [6.45, 7) is 1.76. The molecule has 1 aromatic carbocycles. The molecule has 3 heteroatoms. The van der Waals surface area contributed by atoms with Gasteiger partial charge in [-0.1, -0.05) is 0 Å². The van der Waals surface area contributed by atoms with Crippen molar-refractivity contribution in [2.75, 3.05) is 24.7 Å². The number of benzene rings is 1. The van der Waals surface area contributed by atoms with E-state index in [4.69, 9.17) is 10.00 Å². The van der Waals surface area contributed by atoms with E-state index < -0.39 is 0 Å². The van der Waals surface area contributed by atoms with Gasteiger partial charge < -0.3 is 4.74 Å². The highest BCUT2D eigenvalue weighted by Gasteiger charge is 2.24. The van der Waals surface area contributed by atoms with Crippen LogP contribution in [0.2, 0.25) is 0 Å². The molecule has 0 amide bonds. The van der Waals surface area contributed by atoms with Gasteiger partial charge in [0.15, 0.2) is 4.90 Å². The monoisotopic (exact) mass is 206 g/mol. The number of rotatable bonds is 1. The van der Waals surface area contributed by atoms with Gasteiger partial charge in [0.2, 0.25) is 0 Å². The predicted octanol–water partition coefficient (Wildman–Crippen LogP) is 1.57. The quantitative estimate of drug-likeness (QED) is 0.653. The molecule has 1 fully saturated rings. The van der Waals surface area contributed by atoms with Crippen LogP contribution in [0.15, 0.2) is 29.2 Å². The largest absolute Gasteiger partial charge is 0.372 e. The third-order valence-corrected chi connectivity index (χ3v) is 4.52. The van der Waals surface area contributed by atoms with E-state index in [1.54, 1.807) is 0 Å². The number of nitriles is 1. The zero-order chi connectivity index (χ0) is 9.80. The minimum Gasteiger partial charge on any atom is -0.372 e. The highest BCUT2D eigenvalue weighted by molar-refractivity contribution is 7.97. The van der Waals surface area contributed by atoms with Crippen molar-refractivity contribution >= 4 is 10.9 Å². The molecule has 0 bridgehead atoms. The van der Waals surface area contributed by atoms with Gasteiger partial charge in [0, 0.05) is 10.9 Å². The maximum absolute atomic E-state index is 8.67. The van der Waals surface area contributed by atoms with E-state index in [1.807, 2.05) is 12.1 Å². The molecule has 0 aromatic heterocycles. The van der Waals surface area contributed by atoms with Crippen molar-refractivity contribution in [1.29, 1.82) is 5.26 Å². The fourth-order valence-corrected chi connectivity index (χ4v) is 3.32. The summed E-state index contributed by atoms with van der Waals surface area (Å²) in [5, 5.41) is 8.67. The summed E-state index contributed by atoms with van der Waals surface area (Å²) in [5.74, 6) is 2.26. The number of nitrogens with zero attached hydrogens (tertiary/aromatic N) is 1. The van der Waals surface area contributed by atoms with Gasteiger partial charge in [-0.15, -0.1) is 0 Å². The second-order valence-electron chi connectivity index (χ2n) is 3.15. The van der Waals surface area contributed by atoms with Crippen molar-refractivity contribution in [3.8, 4) is 6.07 Å². The lowest BCUT2D eigenvalue weighted by Gasteiger charge is -2.13. The van der Waals surface area contributed by atoms with Crippen molar-refractivity contribution in [2.45, 2.75) is 4.90 Å². The van der Waals surface area contributed by atoms with Crippen LogP contribution < -0.4 is 0 Å². The fourth-order valence-electron chi connectivity index (χ4n) is 1.48. The number of hydrogen-bond acceptors (Lipinski definition) is 2. The second-order valence-corrected chi connectivity index (χ2v) is 5.42. The first-order chi connectivity index (χ1) is 6.90. The maximum Gasteiger partial charge on any atom is 0.155 e. The van der Waals surface area contributed by atoms with Crippen LogP contribution >= 0.6 is 0 Å². The summed E-state index contributed by atoms with van der Waals surface area (Å²) >= 11 is 0. The second kappa shape index (κ2) is 4.50. The van der Waals surface area contributed by atoms with E-state index in [2.05, 4.69) is 18.2 Å². The molecule has 2 rings (SSSR count). The van der Waals surface area contributed by atoms with Crippen LogP contribution in [-0.4, -0.2) is 24.7 Å². The Morgan fingerprint density at radius 2 is 1.79 bits per heavy atom. The Bertz CT molecular complexity index is 335. The molecule has 72 valence electrons. The summed E-state index contributed by atoms with van der Waals surface area (Å²) < 4.78 is 5.32. The molecular formula is C11H12NOS+. The number of ether oxygens (including phenoxy) is 1. The van der Waals surface area contributed by atoms with Gasteiger partial charge in [-0.05, 0) is 24.3 Å². The molecule has 1 heterocycles. The van der Waals surface area contributed by atoms with E-state index in [0.29, 0.717) is 10.9 Å². The maximum atomic E-state index is 8.67. The molecule has 0 radical (unpaired) electrons. The zero-order valence-corrected chi connectivity index (χ0v) is 8.72. The Kier molecular flexibility index (Phi) is 3.07. The van der Waals surface area contributed by atoms with Gasteiger partial charge in [0.25, 0.3) is 0 Å². The summed E-state index contributed by atoms with van der Waals surface area (Å²) in [7, 11) is 0.347. The average Bonchev–Trinajstić information content (AvgIpc) is 2.30. The molecule has 0 unspecified atom stereocenters. The van der Waals surface area contributed by atoms with Gasteiger partial charge in [-0.25, -0.2) is 0 Å².